The van der Waals surface area contributed by atoms with Crippen molar-refractivity contribution in [1.82, 2.24) is 26.3 Å². The van der Waals surface area contributed by atoms with Crippen molar-refractivity contribution in [1.29, 1.82) is 0 Å². The van der Waals surface area contributed by atoms with Crippen LogP contribution < -0.4 is 30.9 Å². The molecule has 6 rings (SSSR count). The van der Waals surface area contributed by atoms with Crippen molar-refractivity contribution >= 4 is 35.3 Å². The Bertz CT molecular complexity index is 1330. The Morgan fingerprint density at radius 3 is 2.64 bits per heavy atom. The zero-order valence-corrected chi connectivity index (χ0v) is 22.7. The van der Waals surface area contributed by atoms with Crippen LogP contribution in [0.3, 0.4) is 0 Å². The number of pyridine rings is 1. The summed E-state index contributed by atoms with van der Waals surface area (Å²) in [6.07, 6.45) is 4.82. The highest BCUT2D eigenvalue weighted by molar-refractivity contribution is 8.04. The number of amides is 4. The van der Waals surface area contributed by atoms with Gasteiger partial charge in [0, 0.05) is 36.7 Å². The number of hydrogen-bond donors (Lipinski definition) is 4. The molecule has 204 valence electrons. The number of urea groups is 1. The molecule has 4 aliphatic rings. The number of para-hydroxylation sites is 1. The van der Waals surface area contributed by atoms with Gasteiger partial charge in [-0.05, 0) is 56.8 Å². The van der Waals surface area contributed by atoms with Gasteiger partial charge in [-0.25, -0.2) is 9.78 Å². The molecule has 4 heterocycles. The number of rotatable bonds is 6. The molecule has 3 unspecified atom stereocenters. The van der Waals surface area contributed by atoms with Gasteiger partial charge in [-0.15, -0.1) is 0 Å². The number of aromatic nitrogens is 1. The molecule has 0 radical (unpaired) electrons. The summed E-state index contributed by atoms with van der Waals surface area (Å²) in [4.78, 5) is 45.2. The SMILES string of the molecule is CC(=O)N[C@@H]1CC[C@@H](NC(=O)C2=C3NC(=O)N(c4cnc(Oc5ccccc5)cc4C)C4CCNC(S2)C34)C1. The van der Waals surface area contributed by atoms with Crippen molar-refractivity contribution in [2.24, 2.45) is 5.92 Å². The highest BCUT2D eigenvalue weighted by Gasteiger charge is 2.52. The Morgan fingerprint density at radius 1 is 1.13 bits per heavy atom. The van der Waals surface area contributed by atoms with E-state index in [4.69, 9.17) is 4.74 Å². The van der Waals surface area contributed by atoms with Gasteiger partial charge in [-0.1, -0.05) is 30.0 Å². The van der Waals surface area contributed by atoms with Crippen LogP contribution in [0.25, 0.3) is 0 Å². The molecule has 39 heavy (non-hydrogen) atoms. The first-order valence-corrected chi connectivity index (χ1v) is 14.3. The number of carbonyl (C=O) groups excluding carboxylic acids is 3. The Morgan fingerprint density at radius 2 is 1.90 bits per heavy atom. The number of nitrogens with one attached hydrogen (secondary N) is 4. The molecular weight excluding hydrogens is 516 g/mol. The number of benzene rings is 1. The molecule has 0 spiro atoms. The number of hydrogen-bond acceptors (Lipinski definition) is 7. The van der Waals surface area contributed by atoms with Crippen LogP contribution in [0.4, 0.5) is 10.5 Å². The summed E-state index contributed by atoms with van der Waals surface area (Å²) in [6.45, 7) is 4.20. The van der Waals surface area contributed by atoms with Gasteiger partial charge in [0.25, 0.3) is 5.91 Å². The summed E-state index contributed by atoms with van der Waals surface area (Å²) in [5.74, 6) is 0.903. The van der Waals surface area contributed by atoms with Crippen molar-refractivity contribution in [3.05, 3.63) is 58.8 Å². The third-order valence-corrected chi connectivity index (χ3v) is 9.16. The zero-order chi connectivity index (χ0) is 27.1. The maximum Gasteiger partial charge on any atom is 0.326 e. The van der Waals surface area contributed by atoms with Crippen molar-refractivity contribution in [2.75, 3.05) is 11.4 Å². The van der Waals surface area contributed by atoms with E-state index in [2.05, 4.69) is 26.3 Å². The number of aryl methyl sites for hydroxylation is 1. The van der Waals surface area contributed by atoms with E-state index < -0.39 is 0 Å². The normalized spacial score (nSPS) is 27.6. The average molecular weight is 549 g/mol. The van der Waals surface area contributed by atoms with Crippen LogP contribution in [0, 0.1) is 12.8 Å². The second-order valence-corrected chi connectivity index (χ2v) is 11.7. The molecular formula is C28H32N6O4S. The topological polar surface area (TPSA) is 125 Å². The third-order valence-electron chi connectivity index (χ3n) is 7.81. The molecule has 1 saturated carbocycles. The van der Waals surface area contributed by atoms with Gasteiger partial charge in [0.2, 0.25) is 11.8 Å². The fourth-order valence-electron chi connectivity index (χ4n) is 6.12. The molecule has 3 aliphatic heterocycles. The minimum atomic E-state index is -0.257. The molecule has 2 saturated heterocycles. The summed E-state index contributed by atoms with van der Waals surface area (Å²) in [5, 5.41) is 12.7. The highest BCUT2D eigenvalue weighted by atomic mass is 32.2. The molecule has 10 nitrogen and oxygen atoms in total. The maximum absolute atomic E-state index is 13.5. The van der Waals surface area contributed by atoms with Crippen LogP contribution in [0.5, 0.6) is 11.6 Å². The lowest BCUT2D eigenvalue weighted by Crippen LogP contribution is -2.62. The van der Waals surface area contributed by atoms with Crippen molar-refractivity contribution in [3.63, 3.8) is 0 Å². The lowest BCUT2D eigenvalue weighted by molar-refractivity contribution is -0.119. The highest BCUT2D eigenvalue weighted by Crippen LogP contribution is 2.48. The van der Waals surface area contributed by atoms with Crippen LogP contribution >= 0.6 is 11.8 Å². The number of piperidine rings is 1. The first-order chi connectivity index (χ1) is 18.9. The number of ether oxygens (including phenoxy) is 1. The summed E-state index contributed by atoms with van der Waals surface area (Å²) < 4.78 is 5.88. The number of carbonyl (C=O) groups is 3. The first kappa shape index (κ1) is 25.7. The largest absolute Gasteiger partial charge is 0.439 e. The van der Waals surface area contributed by atoms with Gasteiger partial charge >= 0.3 is 6.03 Å². The van der Waals surface area contributed by atoms with Crippen LogP contribution in [0.1, 0.15) is 38.2 Å². The fourth-order valence-corrected chi connectivity index (χ4v) is 7.52. The molecule has 1 aromatic carbocycles. The molecule has 2 aromatic rings. The quantitative estimate of drug-likeness (QED) is 0.437. The van der Waals surface area contributed by atoms with E-state index in [0.717, 1.165) is 37.1 Å². The maximum atomic E-state index is 13.5. The third kappa shape index (κ3) is 5.08. The van der Waals surface area contributed by atoms with Crippen LogP contribution in [0.15, 0.2) is 53.2 Å². The molecule has 0 bridgehead atoms. The summed E-state index contributed by atoms with van der Waals surface area (Å²) in [6, 6.07) is 11.0. The van der Waals surface area contributed by atoms with E-state index in [9.17, 15) is 14.4 Å². The van der Waals surface area contributed by atoms with Gasteiger partial charge in [-0.2, -0.15) is 0 Å². The van der Waals surface area contributed by atoms with Crippen molar-refractivity contribution < 1.29 is 19.1 Å². The minimum absolute atomic E-state index is 0.00410. The van der Waals surface area contributed by atoms with Crippen LogP contribution in [0.2, 0.25) is 0 Å². The molecule has 3 fully saturated rings. The Kier molecular flexibility index (Phi) is 6.94. The van der Waals surface area contributed by atoms with Crippen molar-refractivity contribution in [2.45, 2.75) is 63.0 Å². The second kappa shape index (κ2) is 10.5. The average Bonchev–Trinajstić information content (AvgIpc) is 3.50. The first-order valence-electron chi connectivity index (χ1n) is 13.4. The Balaban J connectivity index is 1.21. The summed E-state index contributed by atoms with van der Waals surface area (Å²) in [7, 11) is 0. The monoisotopic (exact) mass is 548 g/mol. The molecule has 1 aliphatic carbocycles. The zero-order valence-electron chi connectivity index (χ0n) is 21.9. The van der Waals surface area contributed by atoms with E-state index in [1.807, 2.05) is 43.3 Å². The fraction of sp³-hybridized carbons (Fsp3) is 0.429. The number of anilines is 1. The molecule has 4 amide bonds. The number of thioether (sulfide) groups is 1. The van der Waals surface area contributed by atoms with Crippen LogP contribution in [-0.4, -0.2) is 52.9 Å². The number of nitrogens with zero attached hydrogens (tertiary/aromatic N) is 2. The summed E-state index contributed by atoms with van der Waals surface area (Å²) in [5.41, 5.74) is 2.31. The van der Waals surface area contributed by atoms with Crippen LogP contribution in [-0.2, 0) is 9.59 Å². The molecule has 5 atom stereocenters. The molecule has 11 heteroatoms. The lowest BCUT2D eigenvalue weighted by Gasteiger charge is -2.46. The van der Waals surface area contributed by atoms with Gasteiger partial charge in [0.15, 0.2) is 0 Å². The second-order valence-electron chi connectivity index (χ2n) is 10.5. The Labute approximate surface area is 231 Å². The van der Waals surface area contributed by atoms with E-state index in [0.29, 0.717) is 28.7 Å². The van der Waals surface area contributed by atoms with E-state index in [-0.39, 0.29) is 47.3 Å². The van der Waals surface area contributed by atoms with Gasteiger partial charge in [0.1, 0.15) is 5.75 Å². The van der Waals surface area contributed by atoms with Gasteiger partial charge in [0.05, 0.1) is 28.2 Å². The van der Waals surface area contributed by atoms with E-state index in [1.165, 1.54) is 18.7 Å². The predicted octanol–water partition coefficient (Wildman–Crippen LogP) is 3.15. The predicted molar refractivity (Wildman–Crippen MR) is 148 cm³/mol. The Hall–Kier alpha value is -3.57. The van der Waals surface area contributed by atoms with E-state index in [1.54, 1.807) is 11.1 Å². The standard InChI is InChI=1S/C28H32N6O4S/c1-15-12-22(38-19-6-4-3-5-7-19)30-14-21(15)34-20-10-11-29-27-23(20)24(33-28(34)37)25(39-27)26(36)32-18-9-8-17(13-18)31-16(2)35/h3-7,12,14,17-18,20,23,27,29H,8-11,13H2,1-2H3,(H,31,35)(H,32,36)(H,33,37)/t17-,18-,20?,23?,27?/m1/s1. The molecule has 4 N–H and O–H groups in total. The lowest BCUT2D eigenvalue weighted by atomic mass is 9.86. The van der Waals surface area contributed by atoms with Gasteiger partial charge in [-0.3, -0.25) is 14.5 Å². The minimum Gasteiger partial charge on any atom is -0.439 e. The summed E-state index contributed by atoms with van der Waals surface area (Å²) >= 11 is 1.49. The van der Waals surface area contributed by atoms with Gasteiger partial charge < -0.3 is 26.0 Å². The van der Waals surface area contributed by atoms with E-state index >= 15 is 0 Å². The van der Waals surface area contributed by atoms with Crippen molar-refractivity contribution in [3.8, 4) is 11.6 Å². The molecule has 1 aromatic heterocycles. The smallest absolute Gasteiger partial charge is 0.326 e.